The molecule has 4 nitrogen and oxygen atoms in total. The molecule has 9 heteroatoms. The summed E-state index contributed by atoms with van der Waals surface area (Å²) in [5.74, 6) is -0.827. The number of carbonyl (C=O) groups is 1. The first-order chi connectivity index (χ1) is 10.7. The molecule has 0 heterocycles. The van der Waals surface area contributed by atoms with Crippen LogP contribution in [0.1, 0.15) is 0 Å². The van der Waals surface area contributed by atoms with Crippen LogP contribution in [0.15, 0.2) is 47.4 Å². The number of halogens is 4. The van der Waals surface area contributed by atoms with Crippen LogP contribution in [0.3, 0.4) is 0 Å². The van der Waals surface area contributed by atoms with E-state index in [2.05, 4.69) is 0 Å². The molecule has 2 aromatic rings. The smallest absolute Gasteiger partial charge is 0.266 e. The molecule has 0 unspecified atom stereocenters. The number of hydrogen-bond acceptors (Lipinski definition) is 3. The van der Waals surface area contributed by atoms with E-state index in [9.17, 15) is 17.6 Å². The Kier molecular flexibility index (Phi) is 5.52. The average molecular weight is 397 g/mol. The van der Waals surface area contributed by atoms with Crippen LogP contribution in [-0.4, -0.2) is 20.2 Å². The lowest BCUT2D eigenvalue weighted by molar-refractivity contribution is -0.110. The Balaban J connectivity index is 2.65. The number of para-hydroxylation sites is 1. The molecule has 0 atom stereocenters. The summed E-state index contributed by atoms with van der Waals surface area (Å²) in [6, 6.07) is 8.91. The number of benzene rings is 2. The number of sulfonamides is 1. The summed E-state index contributed by atoms with van der Waals surface area (Å²) in [7, 11) is -4.35. The van der Waals surface area contributed by atoms with Crippen molar-refractivity contribution in [1.82, 2.24) is 0 Å². The normalized spacial score (nSPS) is 11.3. The molecule has 122 valence electrons. The molecule has 2 aromatic carbocycles. The van der Waals surface area contributed by atoms with E-state index < -0.39 is 27.6 Å². The van der Waals surface area contributed by atoms with E-state index in [4.69, 9.17) is 34.8 Å². The van der Waals surface area contributed by atoms with E-state index in [0.29, 0.717) is 4.31 Å². The molecule has 0 radical (unpaired) electrons. The predicted octanol–water partition coefficient (Wildman–Crippen LogP) is 4.09. The fourth-order valence-corrected chi connectivity index (χ4v) is 4.22. The van der Waals surface area contributed by atoms with Crippen molar-refractivity contribution in [3.05, 3.63) is 58.3 Å². The second-order valence-electron chi connectivity index (χ2n) is 4.39. The molecular formula is C14H9Cl3FNO3S. The molecule has 0 aromatic heterocycles. The van der Waals surface area contributed by atoms with Crippen LogP contribution in [-0.2, 0) is 14.8 Å². The average Bonchev–Trinajstić information content (AvgIpc) is 2.48. The van der Waals surface area contributed by atoms with E-state index in [0.717, 1.165) is 12.1 Å². The first kappa shape index (κ1) is 18.0. The molecule has 2 rings (SSSR count). The van der Waals surface area contributed by atoms with Gasteiger partial charge in [-0.25, -0.2) is 12.8 Å². The molecule has 0 bridgehead atoms. The standard InChI is InChI=1S/C14H9Cl3FNO3S/c15-9-5-6-10(16)13(7-9)23(21,22)19(8-14(17)20)12-4-2-1-3-11(12)18/h1-7H,8H2. The SMILES string of the molecule is O=C(Cl)CN(c1ccccc1F)S(=O)(=O)c1cc(Cl)ccc1Cl. The zero-order valence-electron chi connectivity index (χ0n) is 11.3. The highest BCUT2D eigenvalue weighted by molar-refractivity contribution is 7.93. The van der Waals surface area contributed by atoms with E-state index in [-0.39, 0.29) is 20.6 Å². The minimum Gasteiger partial charge on any atom is -0.279 e. The monoisotopic (exact) mass is 395 g/mol. The summed E-state index contributed by atoms with van der Waals surface area (Å²) in [4.78, 5) is 10.9. The lowest BCUT2D eigenvalue weighted by Gasteiger charge is -2.23. The highest BCUT2D eigenvalue weighted by atomic mass is 35.5. The highest BCUT2D eigenvalue weighted by Gasteiger charge is 2.30. The summed E-state index contributed by atoms with van der Waals surface area (Å²) in [6.45, 7) is -0.756. The van der Waals surface area contributed by atoms with E-state index >= 15 is 0 Å². The van der Waals surface area contributed by atoms with Crippen molar-refractivity contribution in [2.24, 2.45) is 0 Å². The Hall–Kier alpha value is -1.34. The molecule has 0 amide bonds. The van der Waals surface area contributed by atoms with Crippen LogP contribution in [0.5, 0.6) is 0 Å². The van der Waals surface area contributed by atoms with Crippen LogP contribution in [0, 0.1) is 5.82 Å². The quantitative estimate of drug-likeness (QED) is 0.715. The topological polar surface area (TPSA) is 54.5 Å². The van der Waals surface area contributed by atoms with Gasteiger partial charge in [-0.05, 0) is 41.9 Å². The van der Waals surface area contributed by atoms with Crippen LogP contribution in [0.25, 0.3) is 0 Å². The summed E-state index contributed by atoms with van der Waals surface area (Å²) in [5, 5.41) is -0.966. The van der Waals surface area contributed by atoms with Crippen molar-refractivity contribution in [1.29, 1.82) is 0 Å². The third kappa shape index (κ3) is 3.95. The van der Waals surface area contributed by atoms with Crippen molar-refractivity contribution in [2.75, 3.05) is 10.8 Å². The third-order valence-electron chi connectivity index (χ3n) is 2.85. The van der Waals surface area contributed by atoms with Crippen LogP contribution >= 0.6 is 34.8 Å². The molecular weight excluding hydrogens is 388 g/mol. The van der Waals surface area contributed by atoms with Gasteiger partial charge >= 0.3 is 0 Å². The van der Waals surface area contributed by atoms with Gasteiger partial charge in [0.15, 0.2) is 0 Å². The van der Waals surface area contributed by atoms with Gasteiger partial charge in [-0.3, -0.25) is 9.10 Å². The fraction of sp³-hybridized carbons (Fsp3) is 0.0714. The largest absolute Gasteiger partial charge is 0.279 e. The minimum absolute atomic E-state index is 0.113. The van der Waals surface area contributed by atoms with Crippen molar-refractivity contribution < 1.29 is 17.6 Å². The third-order valence-corrected chi connectivity index (χ3v) is 5.45. The van der Waals surface area contributed by atoms with Gasteiger partial charge in [0.1, 0.15) is 17.3 Å². The van der Waals surface area contributed by atoms with Crippen LogP contribution in [0.4, 0.5) is 10.1 Å². The highest BCUT2D eigenvalue weighted by Crippen LogP contribution is 2.31. The second kappa shape index (κ2) is 7.05. The summed E-state index contributed by atoms with van der Waals surface area (Å²) >= 11 is 17.0. The van der Waals surface area contributed by atoms with Crippen LogP contribution in [0.2, 0.25) is 10.0 Å². The summed E-state index contributed by atoms with van der Waals surface area (Å²) in [6.07, 6.45) is 0. The molecule has 0 aliphatic rings. The Morgan fingerprint density at radius 1 is 1.13 bits per heavy atom. The first-order valence-electron chi connectivity index (χ1n) is 6.14. The molecule has 0 saturated carbocycles. The Labute approximate surface area is 147 Å². The predicted molar refractivity (Wildman–Crippen MR) is 88.3 cm³/mol. The number of nitrogens with zero attached hydrogens (tertiary/aromatic N) is 1. The zero-order valence-corrected chi connectivity index (χ0v) is 14.4. The number of anilines is 1. The second-order valence-corrected chi connectivity index (χ2v) is 7.49. The molecule has 0 N–H and O–H groups in total. The van der Waals surface area contributed by atoms with Gasteiger partial charge in [0.2, 0.25) is 5.24 Å². The van der Waals surface area contributed by atoms with Crippen molar-refractivity contribution in [3.8, 4) is 0 Å². The Morgan fingerprint density at radius 3 is 2.39 bits per heavy atom. The van der Waals surface area contributed by atoms with Gasteiger partial charge in [-0.1, -0.05) is 35.3 Å². The first-order valence-corrected chi connectivity index (χ1v) is 8.71. The maximum Gasteiger partial charge on any atom is 0.266 e. The number of carbonyl (C=O) groups excluding carboxylic acids is 1. The zero-order chi connectivity index (χ0) is 17.2. The van der Waals surface area contributed by atoms with Gasteiger partial charge in [0.05, 0.1) is 10.7 Å². The van der Waals surface area contributed by atoms with E-state index in [1.54, 1.807) is 0 Å². The molecule has 0 aliphatic heterocycles. The molecule has 0 fully saturated rings. The number of rotatable bonds is 5. The van der Waals surface area contributed by atoms with Gasteiger partial charge in [0, 0.05) is 5.02 Å². The van der Waals surface area contributed by atoms with Crippen molar-refractivity contribution in [2.45, 2.75) is 4.90 Å². The van der Waals surface area contributed by atoms with Gasteiger partial charge in [-0.15, -0.1) is 0 Å². The fourth-order valence-electron chi connectivity index (χ4n) is 1.86. The van der Waals surface area contributed by atoms with Gasteiger partial charge < -0.3 is 0 Å². The summed E-state index contributed by atoms with van der Waals surface area (Å²) < 4.78 is 40.1. The lowest BCUT2D eigenvalue weighted by atomic mass is 10.3. The lowest BCUT2D eigenvalue weighted by Crippen LogP contribution is -2.35. The van der Waals surface area contributed by atoms with Crippen molar-refractivity contribution in [3.63, 3.8) is 0 Å². The Bertz CT molecular complexity index is 858. The van der Waals surface area contributed by atoms with Crippen molar-refractivity contribution >= 4 is 55.8 Å². The molecule has 0 aliphatic carbocycles. The number of hydrogen-bond donors (Lipinski definition) is 0. The summed E-state index contributed by atoms with van der Waals surface area (Å²) in [5.41, 5.74) is -0.322. The maximum absolute atomic E-state index is 14.0. The van der Waals surface area contributed by atoms with Gasteiger partial charge in [0.25, 0.3) is 10.0 Å². The van der Waals surface area contributed by atoms with Crippen LogP contribution < -0.4 is 4.31 Å². The Morgan fingerprint density at radius 2 is 1.78 bits per heavy atom. The van der Waals surface area contributed by atoms with Gasteiger partial charge in [-0.2, -0.15) is 0 Å². The molecule has 0 saturated heterocycles. The molecule has 0 spiro atoms. The minimum atomic E-state index is -4.35. The van der Waals surface area contributed by atoms with E-state index in [1.165, 1.54) is 30.3 Å². The maximum atomic E-state index is 14.0. The molecule has 23 heavy (non-hydrogen) atoms. The van der Waals surface area contributed by atoms with E-state index in [1.807, 2.05) is 0 Å².